The zero-order valence-electron chi connectivity index (χ0n) is 8.83. The Morgan fingerprint density at radius 1 is 1.07 bits per heavy atom. The molecule has 2 spiro atoms. The fourth-order valence-corrected chi connectivity index (χ4v) is 2.99. The number of ether oxygens (including phenoxy) is 2. The van der Waals surface area contributed by atoms with Gasteiger partial charge in [0.1, 0.15) is 0 Å². The van der Waals surface area contributed by atoms with E-state index in [4.69, 9.17) is 9.47 Å². The van der Waals surface area contributed by atoms with E-state index in [0.29, 0.717) is 6.42 Å². The van der Waals surface area contributed by atoms with Crippen LogP contribution < -0.4 is 0 Å². The Morgan fingerprint density at radius 2 is 1.73 bits per heavy atom. The number of hydrogen-bond acceptors (Lipinski definition) is 3. The van der Waals surface area contributed by atoms with E-state index < -0.39 is 0 Å². The summed E-state index contributed by atoms with van der Waals surface area (Å²) in [6.45, 7) is 1.45. The summed E-state index contributed by atoms with van der Waals surface area (Å²) < 4.78 is 11.4. The summed E-state index contributed by atoms with van der Waals surface area (Å²) in [6.07, 6.45) is 8.47. The van der Waals surface area contributed by atoms with Gasteiger partial charge in [0, 0.05) is 19.3 Å². The number of allylic oxidation sites excluding steroid dienone is 2. The zero-order chi connectivity index (χ0) is 10.4. The third-order valence-corrected chi connectivity index (χ3v) is 3.97. The number of hydrogen-bond donors (Lipinski definition) is 0. The number of ketones is 1. The lowest BCUT2D eigenvalue weighted by atomic mass is 9.71. The zero-order valence-corrected chi connectivity index (χ0v) is 8.83. The lowest BCUT2D eigenvalue weighted by molar-refractivity contribution is -0.188. The van der Waals surface area contributed by atoms with Crippen molar-refractivity contribution in [3.63, 3.8) is 0 Å². The van der Waals surface area contributed by atoms with Crippen molar-refractivity contribution < 1.29 is 14.3 Å². The Morgan fingerprint density at radius 3 is 2.27 bits per heavy atom. The first-order valence-electron chi connectivity index (χ1n) is 5.72. The van der Waals surface area contributed by atoms with Crippen LogP contribution in [-0.2, 0) is 14.3 Å². The Balaban J connectivity index is 1.70. The van der Waals surface area contributed by atoms with Gasteiger partial charge in [-0.25, -0.2) is 0 Å². The van der Waals surface area contributed by atoms with Crippen molar-refractivity contribution in [3.8, 4) is 0 Å². The monoisotopic (exact) mass is 208 g/mol. The Bertz CT molecular complexity index is 303. The minimum atomic E-state index is -0.301. The van der Waals surface area contributed by atoms with Crippen LogP contribution in [0, 0.1) is 5.41 Å². The van der Waals surface area contributed by atoms with E-state index in [2.05, 4.69) is 6.08 Å². The molecule has 1 heterocycles. The SMILES string of the molecule is O=C1C=CC2(CCC3(CC2)OCCO3)C1. The van der Waals surface area contributed by atoms with Crippen LogP contribution in [0.4, 0.5) is 0 Å². The van der Waals surface area contributed by atoms with Crippen molar-refractivity contribution in [3.05, 3.63) is 12.2 Å². The van der Waals surface area contributed by atoms with E-state index in [9.17, 15) is 4.79 Å². The molecule has 82 valence electrons. The second-order valence-corrected chi connectivity index (χ2v) is 4.95. The molecule has 1 saturated carbocycles. The van der Waals surface area contributed by atoms with Crippen molar-refractivity contribution >= 4 is 5.78 Å². The van der Waals surface area contributed by atoms with Crippen LogP contribution in [0.15, 0.2) is 12.2 Å². The van der Waals surface area contributed by atoms with Crippen LogP contribution in [0.3, 0.4) is 0 Å². The lowest BCUT2D eigenvalue weighted by Gasteiger charge is -2.40. The third kappa shape index (κ3) is 1.54. The molecule has 0 aromatic heterocycles. The van der Waals surface area contributed by atoms with E-state index in [0.717, 1.165) is 38.9 Å². The molecule has 0 atom stereocenters. The first-order chi connectivity index (χ1) is 7.22. The molecular weight excluding hydrogens is 192 g/mol. The highest BCUT2D eigenvalue weighted by Gasteiger charge is 2.46. The summed E-state index contributed by atoms with van der Waals surface area (Å²) in [6, 6.07) is 0. The Hall–Kier alpha value is -0.670. The average molecular weight is 208 g/mol. The van der Waals surface area contributed by atoms with E-state index >= 15 is 0 Å². The van der Waals surface area contributed by atoms with E-state index in [-0.39, 0.29) is 17.0 Å². The number of carbonyl (C=O) groups excluding carboxylic acids is 1. The van der Waals surface area contributed by atoms with Gasteiger partial charge in [-0.05, 0) is 24.3 Å². The highest BCUT2D eigenvalue weighted by Crippen LogP contribution is 2.49. The van der Waals surface area contributed by atoms with Gasteiger partial charge in [0.2, 0.25) is 0 Å². The van der Waals surface area contributed by atoms with Crippen LogP contribution in [0.25, 0.3) is 0 Å². The second kappa shape index (κ2) is 3.16. The van der Waals surface area contributed by atoms with Crippen molar-refractivity contribution in [2.75, 3.05) is 13.2 Å². The van der Waals surface area contributed by atoms with Crippen LogP contribution in [0.1, 0.15) is 32.1 Å². The minimum absolute atomic E-state index is 0.137. The molecule has 2 aliphatic carbocycles. The van der Waals surface area contributed by atoms with Gasteiger partial charge in [0.05, 0.1) is 13.2 Å². The normalized spacial score (nSPS) is 31.9. The molecular formula is C12H16O3. The van der Waals surface area contributed by atoms with Crippen LogP contribution >= 0.6 is 0 Å². The average Bonchev–Trinajstić information content (AvgIpc) is 2.81. The smallest absolute Gasteiger partial charge is 0.168 e. The molecule has 3 aliphatic rings. The fraction of sp³-hybridized carbons (Fsp3) is 0.750. The van der Waals surface area contributed by atoms with Crippen LogP contribution in [0.2, 0.25) is 0 Å². The van der Waals surface area contributed by atoms with E-state index in [1.54, 1.807) is 6.08 Å². The van der Waals surface area contributed by atoms with E-state index in [1.807, 2.05) is 0 Å². The van der Waals surface area contributed by atoms with Gasteiger partial charge in [-0.1, -0.05) is 6.08 Å². The summed E-state index contributed by atoms with van der Waals surface area (Å²) in [7, 11) is 0. The maximum atomic E-state index is 11.3. The lowest BCUT2D eigenvalue weighted by Crippen LogP contribution is -2.38. The van der Waals surface area contributed by atoms with Gasteiger partial charge in [-0.3, -0.25) is 4.79 Å². The highest BCUT2D eigenvalue weighted by atomic mass is 16.7. The molecule has 0 aromatic carbocycles. The van der Waals surface area contributed by atoms with E-state index in [1.165, 1.54) is 0 Å². The third-order valence-electron chi connectivity index (χ3n) is 3.97. The molecule has 3 nitrogen and oxygen atoms in total. The Labute approximate surface area is 89.4 Å². The summed E-state index contributed by atoms with van der Waals surface area (Å²) in [5.74, 6) is -0.0238. The maximum absolute atomic E-state index is 11.3. The van der Waals surface area contributed by atoms with Gasteiger partial charge in [-0.2, -0.15) is 0 Å². The molecule has 2 fully saturated rings. The number of rotatable bonds is 0. The van der Waals surface area contributed by atoms with Crippen LogP contribution in [0.5, 0.6) is 0 Å². The van der Waals surface area contributed by atoms with Gasteiger partial charge in [-0.15, -0.1) is 0 Å². The fourth-order valence-electron chi connectivity index (χ4n) is 2.99. The molecule has 3 heteroatoms. The van der Waals surface area contributed by atoms with Crippen molar-refractivity contribution in [1.29, 1.82) is 0 Å². The molecule has 0 radical (unpaired) electrons. The molecule has 1 aliphatic heterocycles. The quantitative estimate of drug-likeness (QED) is 0.609. The molecule has 0 N–H and O–H groups in total. The van der Waals surface area contributed by atoms with Crippen molar-refractivity contribution in [2.45, 2.75) is 37.9 Å². The molecule has 0 unspecified atom stereocenters. The topological polar surface area (TPSA) is 35.5 Å². The van der Waals surface area contributed by atoms with Gasteiger partial charge in [0.15, 0.2) is 11.6 Å². The molecule has 0 aromatic rings. The highest BCUT2D eigenvalue weighted by molar-refractivity contribution is 5.93. The Kier molecular flexibility index (Phi) is 2.01. The van der Waals surface area contributed by atoms with Gasteiger partial charge >= 0.3 is 0 Å². The second-order valence-electron chi connectivity index (χ2n) is 4.95. The maximum Gasteiger partial charge on any atom is 0.168 e. The molecule has 0 amide bonds. The molecule has 3 rings (SSSR count). The van der Waals surface area contributed by atoms with Crippen molar-refractivity contribution in [2.24, 2.45) is 5.41 Å². The largest absolute Gasteiger partial charge is 0.348 e. The molecule has 0 bridgehead atoms. The van der Waals surface area contributed by atoms with Gasteiger partial charge < -0.3 is 9.47 Å². The van der Waals surface area contributed by atoms with Gasteiger partial charge in [0.25, 0.3) is 0 Å². The number of carbonyl (C=O) groups is 1. The first kappa shape index (κ1) is 9.55. The van der Waals surface area contributed by atoms with Crippen molar-refractivity contribution in [1.82, 2.24) is 0 Å². The molecule has 1 saturated heterocycles. The predicted octanol–water partition coefficient (Wildman–Crippen LogP) is 1.82. The summed E-state index contributed by atoms with van der Waals surface area (Å²) >= 11 is 0. The van der Waals surface area contributed by atoms with Crippen LogP contribution in [-0.4, -0.2) is 24.8 Å². The summed E-state index contributed by atoms with van der Waals surface area (Å²) in [5, 5.41) is 0. The predicted molar refractivity (Wildman–Crippen MR) is 54.3 cm³/mol. The minimum Gasteiger partial charge on any atom is -0.348 e. The first-order valence-corrected chi connectivity index (χ1v) is 5.72. The summed E-state index contributed by atoms with van der Waals surface area (Å²) in [5.41, 5.74) is 0.137. The molecule has 15 heavy (non-hydrogen) atoms. The summed E-state index contributed by atoms with van der Waals surface area (Å²) in [4.78, 5) is 11.3. The standard InChI is InChI=1S/C12H16O3/c13-10-1-2-11(9-10)3-5-12(6-4-11)14-7-8-15-12/h1-2H,3-9H2.